The lowest BCUT2D eigenvalue weighted by Crippen LogP contribution is -2.62. The maximum Gasteiger partial charge on any atom is 0.430 e. The molecule has 5 rings (SSSR count). The number of para-hydroxylation sites is 1. The molecule has 0 bridgehead atoms. The van der Waals surface area contributed by atoms with E-state index in [1.807, 2.05) is 54.6 Å². The van der Waals surface area contributed by atoms with Gasteiger partial charge in [0.05, 0.1) is 0 Å². The van der Waals surface area contributed by atoms with Crippen LogP contribution in [0, 0.1) is 13.8 Å². The number of benzene rings is 3. The maximum atomic E-state index is 14.8. The highest BCUT2D eigenvalue weighted by atomic mass is 19.4. The predicted octanol–water partition coefficient (Wildman–Crippen LogP) is 6.17. The van der Waals surface area contributed by atoms with Gasteiger partial charge in [0.1, 0.15) is 18.0 Å². The number of rotatable bonds is 7. The monoisotopic (exact) mass is 596 g/mol. The molecule has 228 valence electrons. The lowest BCUT2D eigenvalue weighted by Gasteiger charge is -2.49. The van der Waals surface area contributed by atoms with Gasteiger partial charge in [-0.1, -0.05) is 77.9 Å². The SMILES string of the molecule is CO[C@](C(=O)N1CCC2(CC1)OC(=O)NC[C@@H]2c1ccccc1OCc1ccccc1)(c1cc(C)cc(C)c1)C(F)(F)F. The minimum absolute atomic E-state index is 0.0539. The minimum atomic E-state index is -5.02. The Morgan fingerprint density at radius 1 is 1.00 bits per heavy atom. The van der Waals surface area contributed by atoms with Gasteiger partial charge in [0, 0.05) is 56.6 Å². The number of likely N-dealkylation sites (tertiary alicyclic amines) is 1. The molecule has 2 aliphatic heterocycles. The highest BCUT2D eigenvalue weighted by Gasteiger charge is 2.64. The molecule has 0 saturated carbocycles. The van der Waals surface area contributed by atoms with E-state index in [0.717, 1.165) is 18.2 Å². The molecule has 2 heterocycles. The third kappa shape index (κ3) is 5.80. The number of aryl methyl sites for hydroxylation is 2. The maximum absolute atomic E-state index is 14.8. The molecule has 2 fully saturated rings. The Morgan fingerprint density at radius 2 is 1.63 bits per heavy atom. The zero-order chi connectivity index (χ0) is 30.8. The Morgan fingerprint density at radius 3 is 2.26 bits per heavy atom. The molecule has 2 aliphatic rings. The fourth-order valence-electron chi connectivity index (χ4n) is 6.36. The van der Waals surface area contributed by atoms with E-state index in [0.29, 0.717) is 23.5 Å². The van der Waals surface area contributed by atoms with E-state index in [1.54, 1.807) is 19.9 Å². The van der Waals surface area contributed by atoms with Crippen molar-refractivity contribution in [2.75, 3.05) is 26.7 Å². The summed E-state index contributed by atoms with van der Waals surface area (Å²) in [6, 6.07) is 21.6. The summed E-state index contributed by atoms with van der Waals surface area (Å²) < 4.78 is 61.6. The van der Waals surface area contributed by atoms with Crippen LogP contribution in [0.1, 0.15) is 46.6 Å². The van der Waals surface area contributed by atoms with Crippen molar-refractivity contribution in [2.45, 2.75) is 56.6 Å². The van der Waals surface area contributed by atoms with Crippen LogP contribution >= 0.6 is 0 Å². The van der Waals surface area contributed by atoms with Gasteiger partial charge in [-0.15, -0.1) is 0 Å². The van der Waals surface area contributed by atoms with Gasteiger partial charge in [-0.3, -0.25) is 4.79 Å². The van der Waals surface area contributed by atoms with Crippen LogP contribution in [0.3, 0.4) is 0 Å². The molecule has 2 amide bonds. The van der Waals surface area contributed by atoms with Crippen LogP contribution in [0.25, 0.3) is 0 Å². The number of ether oxygens (including phenoxy) is 3. The van der Waals surface area contributed by atoms with Gasteiger partial charge < -0.3 is 24.4 Å². The van der Waals surface area contributed by atoms with Gasteiger partial charge in [-0.2, -0.15) is 13.2 Å². The molecular formula is C33H35F3N2O5. The molecule has 10 heteroatoms. The van der Waals surface area contributed by atoms with Crippen LogP contribution < -0.4 is 10.1 Å². The van der Waals surface area contributed by atoms with Crippen molar-refractivity contribution in [3.8, 4) is 5.75 Å². The molecule has 2 atom stereocenters. The summed E-state index contributed by atoms with van der Waals surface area (Å²) in [5.41, 5.74) is -1.50. The lowest BCUT2D eigenvalue weighted by molar-refractivity contribution is -0.271. The smallest absolute Gasteiger partial charge is 0.430 e. The van der Waals surface area contributed by atoms with E-state index in [4.69, 9.17) is 14.2 Å². The molecule has 0 aliphatic carbocycles. The number of alkyl carbamates (subject to hydrolysis) is 1. The van der Waals surface area contributed by atoms with Crippen molar-refractivity contribution in [3.63, 3.8) is 0 Å². The van der Waals surface area contributed by atoms with Crippen molar-refractivity contribution in [3.05, 3.63) is 101 Å². The first-order valence-electron chi connectivity index (χ1n) is 14.2. The number of alkyl halides is 3. The van der Waals surface area contributed by atoms with Gasteiger partial charge in [0.25, 0.3) is 11.5 Å². The van der Waals surface area contributed by atoms with E-state index in [-0.39, 0.29) is 44.0 Å². The quantitative estimate of drug-likeness (QED) is 0.353. The summed E-state index contributed by atoms with van der Waals surface area (Å²) in [6.07, 6.45) is -5.33. The molecule has 2 saturated heterocycles. The van der Waals surface area contributed by atoms with Crippen molar-refractivity contribution < 1.29 is 37.0 Å². The molecule has 0 aromatic heterocycles. The van der Waals surface area contributed by atoms with E-state index < -0.39 is 29.4 Å². The number of methoxy groups -OCH3 is 1. The van der Waals surface area contributed by atoms with Crippen LogP contribution in [0.2, 0.25) is 0 Å². The summed E-state index contributed by atoms with van der Waals surface area (Å²) in [5.74, 6) is -0.923. The normalized spacial score (nSPS) is 19.7. The van der Waals surface area contributed by atoms with E-state index in [2.05, 4.69) is 5.32 Å². The Bertz CT molecular complexity index is 1450. The van der Waals surface area contributed by atoms with Gasteiger partial charge >= 0.3 is 12.3 Å². The second kappa shape index (κ2) is 11.9. The van der Waals surface area contributed by atoms with Crippen LogP contribution in [0.5, 0.6) is 5.75 Å². The molecule has 1 N–H and O–H groups in total. The summed E-state index contributed by atoms with van der Waals surface area (Å²) in [5, 5.41) is 2.76. The standard InChI is InChI=1S/C33H35F3N2O5/c1-22-17-23(2)19-25(18-22)32(41-3,33(34,35)36)29(39)38-15-13-31(14-16-38)27(20-37-30(40)43-31)26-11-7-8-12-28(26)42-21-24-9-5-4-6-10-24/h4-12,17-19,27H,13-16,20-21H2,1-3H3,(H,37,40)/t27-,32+/m1/s1. The third-order valence-corrected chi connectivity index (χ3v) is 8.44. The average molecular weight is 597 g/mol. The Labute approximate surface area is 248 Å². The van der Waals surface area contributed by atoms with Crippen molar-refractivity contribution >= 4 is 12.0 Å². The van der Waals surface area contributed by atoms with E-state index in [1.165, 1.54) is 17.0 Å². The summed E-state index contributed by atoms with van der Waals surface area (Å²) in [4.78, 5) is 27.5. The number of amides is 2. The fourth-order valence-corrected chi connectivity index (χ4v) is 6.36. The first-order valence-corrected chi connectivity index (χ1v) is 14.2. The lowest BCUT2D eigenvalue weighted by atomic mass is 9.74. The molecule has 3 aromatic rings. The van der Waals surface area contributed by atoms with Gasteiger partial charge in [0.15, 0.2) is 0 Å². The molecule has 3 aromatic carbocycles. The zero-order valence-electron chi connectivity index (χ0n) is 24.4. The molecule has 0 radical (unpaired) electrons. The summed E-state index contributed by atoms with van der Waals surface area (Å²) in [6.45, 7) is 3.84. The fraction of sp³-hybridized carbons (Fsp3) is 0.394. The van der Waals surface area contributed by atoms with E-state index in [9.17, 15) is 22.8 Å². The average Bonchev–Trinajstić information content (AvgIpc) is 2.97. The Balaban J connectivity index is 1.42. The summed E-state index contributed by atoms with van der Waals surface area (Å²) >= 11 is 0. The number of hydrogen-bond acceptors (Lipinski definition) is 5. The number of nitrogens with one attached hydrogen (secondary N) is 1. The number of hydrogen-bond donors (Lipinski definition) is 1. The van der Waals surface area contributed by atoms with Gasteiger partial charge in [0.2, 0.25) is 0 Å². The molecule has 0 unspecified atom stereocenters. The molecule has 1 spiro atoms. The van der Waals surface area contributed by atoms with Crippen LogP contribution in [-0.2, 0) is 26.5 Å². The molecular weight excluding hydrogens is 561 g/mol. The van der Waals surface area contributed by atoms with Crippen molar-refractivity contribution in [2.24, 2.45) is 0 Å². The topological polar surface area (TPSA) is 77.1 Å². The van der Waals surface area contributed by atoms with Crippen LogP contribution in [0.4, 0.5) is 18.0 Å². The second-order valence-electron chi connectivity index (χ2n) is 11.3. The Hall–Kier alpha value is -4.05. The van der Waals surface area contributed by atoms with Gasteiger partial charge in [-0.05, 0) is 25.5 Å². The van der Waals surface area contributed by atoms with Crippen molar-refractivity contribution in [1.29, 1.82) is 0 Å². The predicted molar refractivity (Wildman–Crippen MR) is 154 cm³/mol. The number of halogens is 3. The number of nitrogens with zero attached hydrogens (tertiary/aromatic N) is 1. The van der Waals surface area contributed by atoms with Crippen molar-refractivity contribution in [1.82, 2.24) is 10.2 Å². The largest absolute Gasteiger partial charge is 0.489 e. The van der Waals surface area contributed by atoms with E-state index >= 15 is 0 Å². The highest BCUT2D eigenvalue weighted by molar-refractivity contribution is 5.88. The molecule has 43 heavy (non-hydrogen) atoms. The Kier molecular flexibility index (Phi) is 8.42. The third-order valence-electron chi connectivity index (χ3n) is 8.44. The van der Waals surface area contributed by atoms with Crippen LogP contribution in [-0.4, -0.2) is 55.4 Å². The number of carbonyl (C=O) groups is 2. The zero-order valence-corrected chi connectivity index (χ0v) is 24.4. The number of piperidine rings is 1. The minimum Gasteiger partial charge on any atom is -0.489 e. The highest BCUT2D eigenvalue weighted by Crippen LogP contribution is 2.48. The number of carbonyl (C=O) groups excluding carboxylic acids is 2. The van der Waals surface area contributed by atoms with Gasteiger partial charge in [-0.25, -0.2) is 4.79 Å². The van der Waals surface area contributed by atoms with Crippen LogP contribution in [0.15, 0.2) is 72.8 Å². The first kappa shape index (κ1) is 30.4. The molecule has 7 nitrogen and oxygen atoms in total. The second-order valence-corrected chi connectivity index (χ2v) is 11.3. The first-order chi connectivity index (χ1) is 20.5. The summed E-state index contributed by atoms with van der Waals surface area (Å²) in [7, 11) is 0.908.